The highest BCUT2D eigenvalue weighted by Gasteiger charge is 2.45. The predicted octanol–water partition coefficient (Wildman–Crippen LogP) is 6.00. The maximum atomic E-state index is 12.3. The van der Waals surface area contributed by atoms with Crippen LogP contribution >= 0.6 is 0 Å². The lowest BCUT2D eigenvalue weighted by atomic mass is 9.89. The molecule has 1 saturated heterocycles. The molecular weight excluding hydrogens is 324 g/mol. The molecule has 1 aromatic rings. The Kier molecular flexibility index (Phi) is 9.05. The monoisotopic (exact) mass is 356 g/mol. The number of hydrogen-bond donors (Lipinski definition) is 0. The standard InChI is InChI=1S/C21H32N4O/c1-2-3-4-5-6-7-8-9-13-16-19-20(23-24-22)21(26)25(19)17-18-14-11-10-12-15-18/h10-12,14-15,19-20H,2-9,13,16-17H2,1H3/t19-,20-/m1/s1. The fraction of sp³-hybridized carbons (Fsp3) is 0.667. The molecular formula is C21H32N4O. The van der Waals surface area contributed by atoms with Gasteiger partial charge >= 0.3 is 0 Å². The maximum Gasteiger partial charge on any atom is 0.234 e. The molecule has 26 heavy (non-hydrogen) atoms. The topological polar surface area (TPSA) is 69.1 Å². The van der Waals surface area contributed by atoms with E-state index in [9.17, 15) is 4.79 Å². The predicted molar refractivity (Wildman–Crippen MR) is 106 cm³/mol. The van der Waals surface area contributed by atoms with Gasteiger partial charge in [-0.2, -0.15) is 0 Å². The molecule has 0 spiro atoms. The number of nitrogens with zero attached hydrogens (tertiary/aromatic N) is 4. The van der Waals surface area contributed by atoms with E-state index in [1.165, 1.54) is 51.4 Å². The van der Waals surface area contributed by atoms with Crippen molar-refractivity contribution in [1.82, 2.24) is 4.90 Å². The summed E-state index contributed by atoms with van der Waals surface area (Å²) in [6.45, 7) is 2.86. The first-order valence-corrected chi connectivity index (χ1v) is 10.2. The van der Waals surface area contributed by atoms with Gasteiger partial charge in [-0.05, 0) is 17.5 Å². The van der Waals surface area contributed by atoms with E-state index in [0.717, 1.165) is 18.4 Å². The van der Waals surface area contributed by atoms with Gasteiger partial charge in [-0.15, -0.1) is 0 Å². The Morgan fingerprint density at radius 2 is 1.62 bits per heavy atom. The smallest absolute Gasteiger partial charge is 0.234 e. The van der Waals surface area contributed by atoms with Crippen LogP contribution in [0, 0.1) is 0 Å². The van der Waals surface area contributed by atoms with E-state index in [1.807, 2.05) is 35.2 Å². The molecule has 142 valence electrons. The van der Waals surface area contributed by atoms with Gasteiger partial charge in [0.1, 0.15) is 6.04 Å². The second kappa shape index (κ2) is 11.6. The Morgan fingerprint density at radius 1 is 1.00 bits per heavy atom. The van der Waals surface area contributed by atoms with Crippen LogP contribution in [0.3, 0.4) is 0 Å². The first-order valence-electron chi connectivity index (χ1n) is 10.2. The van der Waals surface area contributed by atoms with Gasteiger partial charge in [0.2, 0.25) is 5.91 Å². The van der Waals surface area contributed by atoms with Crippen molar-refractivity contribution < 1.29 is 4.79 Å². The summed E-state index contributed by atoms with van der Waals surface area (Å²) >= 11 is 0. The fourth-order valence-electron chi connectivity index (χ4n) is 3.72. The molecule has 1 aromatic carbocycles. The molecule has 0 unspecified atom stereocenters. The molecule has 1 aliphatic rings. The Morgan fingerprint density at radius 3 is 2.23 bits per heavy atom. The number of amides is 1. The van der Waals surface area contributed by atoms with Crippen molar-refractivity contribution in [3.8, 4) is 0 Å². The van der Waals surface area contributed by atoms with Crippen LogP contribution in [0.1, 0.15) is 76.7 Å². The Hall–Kier alpha value is -2.00. The number of carbonyl (C=O) groups excluding carboxylic acids is 1. The Balaban J connectivity index is 1.71. The highest BCUT2D eigenvalue weighted by molar-refractivity contribution is 5.89. The zero-order valence-electron chi connectivity index (χ0n) is 16.0. The van der Waals surface area contributed by atoms with Gasteiger partial charge in [-0.1, -0.05) is 100 Å². The Bertz CT molecular complexity index is 583. The molecule has 1 aliphatic heterocycles. The molecule has 2 rings (SSSR count). The molecule has 0 radical (unpaired) electrons. The molecule has 0 bridgehead atoms. The summed E-state index contributed by atoms with van der Waals surface area (Å²) in [7, 11) is 0. The third-order valence-corrected chi connectivity index (χ3v) is 5.28. The van der Waals surface area contributed by atoms with Gasteiger partial charge in [0.05, 0.1) is 0 Å². The van der Waals surface area contributed by atoms with Crippen LogP contribution in [0.15, 0.2) is 35.4 Å². The first kappa shape index (κ1) is 20.3. The number of unbranched alkanes of at least 4 members (excludes halogenated alkanes) is 8. The second-order valence-electron chi connectivity index (χ2n) is 7.29. The molecule has 1 heterocycles. The molecule has 0 saturated carbocycles. The zero-order valence-corrected chi connectivity index (χ0v) is 16.0. The van der Waals surface area contributed by atoms with E-state index in [4.69, 9.17) is 5.53 Å². The average Bonchev–Trinajstić information content (AvgIpc) is 2.67. The number of hydrogen-bond acceptors (Lipinski definition) is 2. The van der Waals surface area contributed by atoms with Gasteiger partial charge in [-0.25, -0.2) is 0 Å². The molecule has 0 aliphatic carbocycles. The van der Waals surface area contributed by atoms with Crippen LogP contribution in [0.2, 0.25) is 0 Å². The van der Waals surface area contributed by atoms with Crippen molar-refractivity contribution in [1.29, 1.82) is 0 Å². The van der Waals surface area contributed by atoms with Crippen LogP contribution in [-0.4, -0.2) is 22.9 Å². The van der Waals surface area contributed by atoms with Crippen molar-refractivity contribution in [2.75, 3.05) is 0 Å². The van der Waals surface area contributed by atoms with Crippen LogP contribution < -0.4 is 0 Å². The minimum Gasteiger partial charge on any atom is -0.334 e. The number of likely N-dealkylation sites (tertiary alicyclic amines) is 1. The van der Waals surface area contributed by atoms with Crippen molar-refractivity contribution in [3.05, 3.63) is 46.3 Å². The lowest BCUT2D eigenvalue weighted by Crippen LogP contribution is -2.63. The summed E-state index contributed by atoms with van der Waals surface area (Å²) in [5.74, 6) is -0.0347. The highest BCUT2D eigenvalue weighted by Crippen LogP contribution is 2.30. The third kappa shape index (κ3) is 6.06. The van der Waals surface area contributed by atoms with Crippen molar-refractivity contribution in [2.45, 2.75) is 89.8 Å². The van der Waals surface area contributed by atoms with Gasteiger partial charge in [0.15, 0.2) is 0 Å². The molecule has 5 nitrogen and oxygen atoms in total. The normalized spacial score (nSPS) is 19.1. The van der Waals surface area contributed by atoms with Crippen molar-refractivity contribution in [3.63, 3.8) is 0 Å². The largest absolute Gasteiger partial charge is 0.334 e. The van der Waals surface area contributed by atoms with Gasteiger partial charge < -0.3 is 4.90 Å². The molecule has 0 N–H and O–H groups in total. The minimum absolute atomic E-state index is 0.0347. The van der Waals surface area contributed by atoms with Gasteiger partial charge in [-0.3, -0.25) is 4.79 Å². The minimum atomic E-state index is -0.502. The number of benzene rings is 1. The van der Waals surface area contributed by atoms with Crippen LogP contribution in [0.4, 0.5) is 0 Å². The fourth-order valence-corrected chi connectivity index (χ4v) is 3.72. The van der Waals surface area contributed by atoms with E-state index < -0.39 is 6.04 Å². The van der Waals surface area contributed by atoms with E-state index in [-0.39, 0.29) is 11.9 Å². The van der Waals surface area contributed by atoms with E-state index in [1.54, 1.807) is 0 Å². The molecule has 5 heteroatoms. The quantitative estimate of drug-likeness (QED) is 0.140. The van der Waals surface area contributed by atoms with Crippen molar-refractivity contribution in [2.24, 2.45) is 5.11 Å². The average molecular weight is 357 g/mol. The lowest BCUT2D eigenvalue weighted by molar-refractivity contribution is -0.150. The van der Waals surface area contributed by atoms with Crippen LogP contribution in [0.25, 0.3) is 10.4 Å². The number of azide groups is 1. The number of rotatable bonds is 13. The second-order valence-corrected chi connectivity index (χ2v) is 7.29. The zero-order chi connectivity index (χ0) is 18.6. The highest BCUT2D eigenvalue weighted by atomic mass is 16.2. The summed E-state index contributed by atoms with van der Waals surface area (Å²) in [6.07, 6.45) is 12.5. The summed E-state index contributed by atoms with van der Waals surface area (Å²) in [4.78, 5) is 17.0. The summed E-state index contributed by atoms with van der Waals surface area (Å²) in [6, 6.07) is 9.57. The van der Waals surface area contributed by atoms with Gasteiger partial charge in [0.25, 0.3) is 0 Å². The van der Waals surface area contributed by atoms with E-state index in [2.05, 4.69) is 16.9 Å². The molecule has 1 amide bonds. The number of carbonyl (C=O) groups is 1. The molecule has 1 fully saturated rings. The van der Waals surface area contributed by atoms with E-state index >= 15 is 0 Å². The first-order chi connectivity index (χ1) is 12.8. The lowest BCUT2D eigenvalue weighted by Gasteiger charge is -2.45. The van der Waals surface area contributed by atoms with Gasteiger partial charge in [0, 0.05) is 17.5 Å². The molecule has 0 aromatic heterocycles. The maximum absolute atomic E-state index is 12.3. The summed E-state index contributed by atoms with van der Waals surface area (Å²) in [5, 5.41) is 3.73. The molecule has 2 atom stereocenters. The number of β-lactam (4-membered cyclic amide) rings is 1. The van der Waals surface area contributed by atoms with Crippen molar-refractivity contribution >= 4 is 5.91 Å². The third-order valence-electron chi connectivity index (χ3n) is 5.28. The Labute approximate surface area is 157 Å². The SMILES string of the molecule is CCCCCCCCCCC[C@@H]1[C@@H](N=[N+]=[N-])C(=O)N1Cc1ccccc1. The van der Waals surface area contributed by atoms with Crippen LogP contribution in [0.5, 0.6) is 0 Å². The summed E-state index contributed by atoms with van der Waals surface area (Å²) in [5.41, 5.74) is 9.85. The summed E-state index contributed by atoms with van der Waals surface area (Å²) < 4.78 is 0. The van der Waals surface area contributed by atoms with E-state index in [0.29, 0.717) is 6.54 Å². The van der Waals surface area contributed by atoms with Crippen LogP contribution in [-0.2, 0) is 11.3 Å².